The first-order chi connectivity index (χ1) is 17.0. The Hall–Kier alpha value is -2.75. The molecule has 1 aromatic heterocycles. The molecule has 2 aromatic rings. The summed E-state index contributed by atoms with van der Waals surface area (Å²) in [5.41, 5.74) is 3.58. The summed E-state index contributed by atoms with van der Waals surface area (Å²) in [6, 6.07) is 0.193. The number of halogens is 1. The molecule has 35 heavy (non-hydrogen) atoms. The van der Waals surface area contributed by atoms with E-state index in [-0.39, 0.29) is 22.7 Å². The van der Waals surface area contributed by atoms with Crippen LogP contribution >= 0.6 is 11.8 Å². The number of hydrogen-bond donors (Lipinski definition) is 2. The number of pyridine rings is 1. The molecule has 1 aromatic carbocycles. The van der Waals surface area contributed by atoms with Crippen LogP contribution in [0.25, 0.3) is 10.9 Å². The minimum absolute atomic E-state index is 0.152. The predicted octanol–water partition coefficient (Wildman–Crippen LogP) is 4.38. The van der Waals surface area contributed by atoms with Crippen molar-refractivity contribution in [3.05, 3.63) is 27.8 Å². The Morgan fingerprint density at radius 2 is 1.63 bits per heavy atom. The average Bonchev–Trinajstić information content (AvgIpc) is 3.56. The first-order valence-electron chi connectivity index (χ1n) is 12.7. The summed E-state index contributed by atoms with van der Waals surface area (Å²) in [6.07, 6.45) is 10.7. The molecule has 1 saturated carbocycles. The van der Waals surface area contributed by atoms with E-state index in [0.29, 0.717) is 34.4 Å². The van der Waals surface area contributed by atoms with Gasteiger partial charge in [0.25, 0.3) is 0 Å². The molecule has 2 saturated heterocycles. The van der Waals surface area contributed by atoms with Gasteiger partial charge in [0.05, 0.1) is 33.2 Å². The SMILES string of the molecule is O=C(O)c1cn2c3c(c(N4CCCC4)c(F)c(N4CCCC4)c3c1=O)SC(=NC1CCCCC1)N2. The number of carboxylic acids is 1. The maximum Gasteiger partial charge on any atom is 0.341 e. The zero-order valence-corrected chi connectivity index (χ0v) is 20.5. The highest BCUT2D eigenvalue weighted by atomic mass is 32.2. The monoisotopic (exact) mass is 499 g/mol. The number of aromatic carboxylic acids is 1. The van der Waals surface area contributed by atoms with E-state index in [1.54, 1.807) is 4.68 Å². The van der Waals surface area contributed by atoms with E-state index in [2.05, 4.69) is 10.3 Å². The first kappa shape index (κ1) is 22.7. The number of hydrogen-bond acceptors (Lipinski definition) is 6. The molecular formula is C25H30FN5O3S. The number of carbonyl (C=O) groups is 1. The van der Waals surface area contributed by atoms with Gasteiger partial charge < -0.3 is 14.9 Å². The molecule has 10 heteroatoms. The standard InChI is InChI=1S/C25H30FN5O3S/c26-18-19(29-10-4-5-11-29)17-20-23(21(18)30-12-6-7-13-30)35-25(27-15-8-2-1-3-9-15)28-31(20)14-16(22(17)32)24(33)34/h14-15H,1-13H2,(H,27,28)(H,33,34). The molecule has 3 fully saturated rings. The van der Waals surface area contributed by atoms with E-state index in [1.807, 2.05) is 4.90 Å². The minimum Gasteiger partial charge on any atom is -0.477 e. The molecule has 6 rings (SSSR count). The zero-order valence-electron chi connectivity index (χ0n) is 19.7. The molecule has 0 amide bonds. The van der Waals surface area contributed by atoms with Crippen LogP contribution in [-0.2, 0) is 0 Å². The van der Waals surface area contributed by atoms with Gasteiger partial charge in [-0.1, -0.05) is 19.3 Å². The number of carboxylic acid groups (broad SMARTS) is 1. The number of thioether (sulfide) groups is 1. The van der Waals surface area contributed by atoms with Crippen molar-refractivity contribution < 1.29 is 14.3 Å². The van der Waals surface area contributed by atoms with Gasteiger partial charge in [-0.15, -0.1) is 0 Å². The Morgan fingerprint density at radius 1 is 1.00 bits per heavy atom. The highest BCUT2D eigenvalue weighted by Gasteiger charge is 2.35. The lowest BCUT2D eigenvalue weighted by atomic mass is 9.96. The van der Waals surface area contributed by atoms with Crippen LogP contribution in [-0.4, -0.2) is 53.1 Å². The van der Waals surface area contributed by atoms with Crippen molar-refractivity contribution >= 4 is 45.2 Å². The lowest BCUT2D eigenvalue weighted by Crippen LogP contribution is -2.34. The fourth-order valence-corrected chi connectivity index (χ4v) is 7.09. The van der Waals surface area contributed by atoms with Gasteiger partial charge in [-0.2, -0.15) is 0 Å². The Bertz CT molecular complexity index is 1270. The number of amidine groups is 1. The van der Waals surface area contributed by atoms with Crippen molar-refractivity contribution in [3.63, 3.8) is 0 Å². The quantitative estimate of drug-likeness (QED) is 0.645. The van der Waals surface area contributed by atoms with Gasteiger partial charge in [0, 0.05) is 32.4 Å². The van der Waals surface area contributed by atoms with Crippen LogP contribution in [0.4, 0.5) is 15.8 Å². The van der Waals surface area contributed by atoms with Gasteiger partial charge in [-0.3, -0.25) is 19.9 Å². The zero-order chi connectivity index (χ0) is 24.1. The van der Waals surface area contributed by atoms with Crippen molar-refractivity contribution in [3.8, 4) is 0 Å². The Balaban J connectivity index is 1.63. The molecule has 0 bridgehead atoms. The van der Waals surface area contributed by atoms with Gasteiger partial charge in [0.2, 0.25) is 5.43 Å². The largest absolute Gasteiger partial charge is 0.477 e. The second kappa shape index (κ2) is 9.04. The van der Waals surface area contributed by atoms with Crippen molar-refractivity contribution in [1.29, 1.82) is 0 Å². The van der Waals surface area contributed by atoms with E-state index in [1.165, 1.54) is 24.4 Å². The lowest BCUT2D eigenvalue weighted by Gasteiger charge is -2.32. The maximum absolute atomic E-state index is 16.6. The summed E-state index contributed by atoms with van der Waals surface area (Å²) in [6.45, 7) is 2.82. The third-order valence-corrected chi connectivity index (χ3v) is 8.64. The summed E-state index contributed by atoms with van der Waals surface area (Å²) in [5, 5.41) is 10.6. The minimum atomic E-state index is -1.32. The summed E-state index contributed by atoms with van der Waals surface area (Å²) in [4.78, 5) is 35.1. The Morgan fingerprint density at radius 3 is 2.26 bits per heavy atom. The third kappa shape index (κ3) is 3.86. The lowest BCUT2D eigenvalue weighted by molar-refractivity contribution is 0.0695. The van der Waals surface area contributed by atoms with Gasteiger partial charge in [0.15, 0.2) is 11.0 Å². The Kier molecular flexibility index (Phi) is 5.86. The van der Waals surface area contributed by atoms with Crippen LogP contribution < -0.4 is 20.7 Å². The molecule has 0 unspecified atom stereocenters. The van der Waals surface area contributed by atoms with E-state index >= 15 is 4.39 Å². The molecule has 0 atom stereocenters. The van der Waals surface area contributed by atoms with E-state index < -0.39 is 17.2 Å². The molecule has 4 aliphatic rings. The summed E-state index contributed by atoms with van der Waals surface area (Å²) in [7, 11) is 0. The fraction of sp³-hybridized carbons (Fsp3) is 0.560. The molecule has 0 spiro atoms. The molecule has 4 heterocycles. The van der Waals surface area contributed by atoms with E-state index in [4.69, 9.17) is 4.99 Å². The van der Waals surface area contributed by atoms with Crippen LogP contribution in [0.15, 0.2) is 20.9 Å². The third-order valence-electron chi connectivity index (χ3n) is 7.65. The van der Waals surface area contributed by atoms with Crippen molar-refractivity contribution in [2.45, 2.75) is 68.7 Å². The van der Waals surface area contributed by atoms with Crippen LogP contribution in [0.5, 0.6) is 0 Å². The van der Waals surface area contributed by atoms with Crippen molar-refractivity contribution in [2.24, 2.45) is 4.99 Å². The second-order valence-corrected chi connectivity index (χ2v) is 10.9. The number of aromatic nitrogens is 1. The number of aliphatic imine (C=N–C) groups is 1. The highest BCUT2D eigenvalue weighted by molar-refractivity contribution is 8.14. The maximum atomic E-state index is 16.6. The summed E-state index contributed by atoms with van der Waals surface area (Å²) < 4.78 is 18.2. The second-order valence-electron chi connectivity index (χ2n) is 9.94. The molecular weight excluding hydrogens is 469 g/mol. The number of nitrogens with one attached hydrogen (secondary N) is 1. The average molecular weight is 500 g/mol. The number of nitrogens with zero attached hydrogens (tertiary/aromatic N) is 4. The fourth-order valence-electron chi connectivity index (χ4n) is 5.94. The predicted molar refractivity (Wildman–Crippen MR) is 138 cm³/mol. The van der Waals surface area contributed by atoms with Gasteiger partial charge >= 0.3 is 5.97 Å². The van der Waals surface area contributed by atoms with Gasteiger partial charge in [-0.05, 0) is 50.3 Å². The van der Waals surface area contributed by atoms with Gasteiger partial charge in [0.1, 0.15) is 5.56 Å². The number of anilines is 2. The van der Waals surface area contributed by atoms with Crippen LogP contribution in [0.2, 0.25) is 0 Å². The van der Waals surface area contributed by atoms with Gasteiger partial charge in [-0.25, -0.2) is 9.18 Å². The summed E-state index contributed by atoms with van der Waals surface area (Å²) >= 11 is 1.38. The molecule has 2 N–H and O–H groups in total. The molecule has 0 radical (unpaired) electrons. The smallest absolute Gasteiger partial charge is 0.341 e. The van der Waals surface area contributed by atoms with E-state index in [0.717, 1.165) is 64.5 Å². The molecule has 8 nitrogen and oxygen atoms in total. The first-order valence-corrected chi connectivity index (χ1v) is 13.6. The van der Waals surface area contributed by atoms with Crippen molar-refractivity contribution in [1.82, 2.24) is 4.68 Å². The molecule has 3 aliphatic heterocycles. The molecule has 1 aliphatic carbocycles. The number of benzene rings is 1. The van der Waals surface area contributed by atoms with Crippen molar-refractivity contribution in [2.75, 3.05) is 41.4 Å². The highest BCUT2D eigenvalue weighted by Crippen LogP contribution is 2.47. The van der Waals surface area contributed by atoms with Crippen LogP contribution in [0, 0.1) is 5.82 Å². The van der Waals surface area contributed by atoms with E-state index in [9.17, 15) is 14.7 Å². The summed E-state index contributed by atoms with van der Waals surface area (Å²) in [5.74, 6) is -1.72. The normalized spacial score (nSPS) is 21.8. The molecule has 186 valence electrons. The van der Waals surface area contributed by atoms with Crippen LogP contribution in [0.3, 0.4) is 0 Å². The number of rotatable bonds is 4. The Labute approximate surface area is 207 Å². The van der Waals surface area contributed by atoms with Crippen LogP contribution in [0.1, 0.15) is 68.1 Å². The topological polar surface area (TPSA) is 90.2 Å².